The maximum atomic E-state index is 12.3. The van der Waals surface area contributed by atoms with E-state index in [-0.39, 0.29) is 18.3 Å². The number of amides is 1. The van der Waals surface area contributed by atoms with Crippen LogP contribution < -0.4 is 11.1 Å². The molecule has 0 atom stereocenters. The van der Waals surface area contributed by atoms with Gasteiger partial charge in [0.25, 0.3) is 5.91 Å². The molecule has 0 bridgehead atoms. The van der Waals surface area contributed by atoms with E-state index in [0.29, 0.717) is 11.3 Å². The van der Waals surface area contributed by atoms with Gasteiger partial charge in [-0.2, -0.15) is 0 Å². The molecule has 0 radical (unpaired) electrons. The van der Waals surface area contributed by atoms with E-state index in [9.17, 15) is 4.79 Å². The number of nitrogens with one attached hydrogen (secondary N) is 1. The first kappa shape index (κ1) is 18.1. The van der Waals surface area contributed by atoms with Crippen LogP contribution in [0.25, 0.3) is 0 Å². The second-order valence-corrected chi connectivity index (χ2v) is 5.76. The Labute approximate surface area is 138 Å². The molecule has 1 amide bonds. The molecule has 0 aliphatic heterocycles. The quantitative estimate of drug-likeness (QED) is 0.839. The number of halogens is 1. The van der Waals surface area contributed by atoms with E-state index in [1.165, 1.54) is 5.56 Å². The van der Waals surface area contributed by atoms with Crippen LogP contribution in [0.5, 0.6) is 0 Å². The zero-order valence-corrected chi connectivity index (χ0v) is 14.0. The van der Waals surface area contributed by atoms with Crippen molar-refractivity contribution in [3.05, 3.63) is 65.2 Å². The molecule has 0 aliphatic rings. The molecule has 0 aliphatic carbocycles. The van der Waals surface area contributed by atoms with Crippen LogP contribution in [0.15, 0.2) is 48.5 Å². The number of carbonyl (C=O) groups excluding carboxylic acids is 1. The SMILES string of the molecule is CCc1ccc(C(C)(C)NC(=O)c2cccc(N)c2)cc1.Cl. The van der Waals surface area contributed by atoms with Gasteiger partial charge in [-0.3, -0.25) is 4.79 Å². The fourth-order valence-electron chi connectivity index (χ4n) is 2.27. The van der Waals surface area contributed by atoms with Crippen molar-refractivity contribution in [2.75, 3.05) is 5.73 Å². The van der Waals surface area contributed by atoms with E-state index in [4.69, 9.17) is 5.73 Å². The second kappa shape index (κ2) is 7.32. The molecule has 0 unspecified atom stereocenters. The highest BCUT2D eigenvalue weighted by molar-refractivity contribution is 5.95. The Morgan fingerprint density at radius 3 is 2.32 bits per heavy atom. The molecule has 0 spiro atoms. The van der Waals surface area contributed by atoms with Crippen LogP contribution in [0.1, 0.15) is 42.3 Å². The fourth-order valence-corrected chi connectivity index (χ4v) is 2.27. The Balaban J connectivity index is 0.00000242. The smallest absolute Gasteiger partial charge is 0.252 e. The van der Waals surface area contributed by atoms with Crippen molar-refractivity contribution in [1.29, 1.82) is 0 Å². The molecule has 4 heteroatoms. The van der Waals surface area contributed by atoms with Crippen molar-refractivity contribution in [3.63, 3.8) is 0 Å². The number of nitrogen functional groups attached to an aromatic ring is 1. The predicted molar refractivity (Wildman–Crippen MR) is 94.4 cm³/mol. The van der Waals surface area contributed by atoms with Gasteiger partial charge in [-0.05, 0) is 49.6 Å². The molecule has 0 heterocycles. The van der Waals surface area contributed by atoms with Crippen LogP contribution in [0, 0.1) is 0 Å². The van der Waals surface area contributed by atoms with Crippen LogP contribution in [-0.2, 0) is 12.0 Å². The van der Waals surface area contributed by atoms with Crippen LogP contribution in [0.3, 0.4) is 0 Å². The highest BCUT2D eigenvalue weighted by Gasteiger charge is 2.23. The monoisotopic (exact) mass is 318 g/mol. The van der Waals surface area contributed by atoms with Gasteiger partial charge < -0.3 is 11.1 Å². The van der Waals surface area contributed by atoms with Crippen molar-refractivity contribution in [3.8, 4) is 0 Å². The van der Waals surface area contributed by atoms with E-state index in [1.54, 1.807) is 24.3 Å². The lowest BCUT2D eigenvalue weighted by Gasteiger charge is -2.27. The molecule has 2 rings (SSSR count). The highest BCUT2D eigenvalue weighted by atomic mass is 35.5. The third-order valence-corrected chi connectivity index (χ3v) is 3.66. The molecule has 0 fully saturated rings. The Hall–Kier alpha value is -2.00. The molecule has 3 nitrogen and oxygen atoms in total. The standard InChI is InChI=1S/C18H22N2O.ClH/c1-4-13-8-10-15(11-9-13)18(2,3)20-17(21)14-6-5-7-16(19)12-14;/h5-12H,4,19H2,1-3H3,(H,20,21);1H. The normalized spacial score (nSPS) is 10.7. The van der Waals surface area contributed by atoms with Gasteiger partial charge in [0.1, 0.15) is 0 Å². The third-order valence-electron chi connectivity index (χ3n) is 3.66. The first-order chi connectivity index (χ1) is 9.92. The summed E-state index contributed by atoms with van der Waals surface area (Å²) in [5, 5.41) is 3.06. The number of anilines is 1. The Morgan fingerprint density at radius 1 is 1.14 bits per heavy atom. The first-order valence-electron chi connectivity index (χ1n) is 7.20. The van der Waals surface area contributed by atoms with E-state index < -0.39 is 5.54 Å². The highest BCUT2D eigenvalue weighted by Crippen LogP contribution is 2.21. The maximum Gasteiger partial charge on any atom is 0.252 e. The first-order valence-corrected chi connectivity index (χ1v) is 7.20. The summed E-state index contributed by atoms with van der Waals surface area (Å²) in [7, 11) is 0. The molecule has 2 aromatic rings. The summed E-state index contributed by atoms with van der Waals surface area (Å²) in [6.07, 6.45) is 1.01. The minimum absolute atomic E-state index is 0. The summed E-state index contributed by atoms with van der Waals surface area (Å²) in [4.78, 5) is 12.3. The Kier molecular flexibility index (Phi) is 6.01. The molecule has 0 saturated carbocycles. The largest absolute Gasteiger partial charge is 0.399 e. The summed E-state index contributed by atoms with van der Waals surface area (Å²) in [5.41, 5.74) is 8.82. The molecule has 2 aromatic carbocycles. The number of hydrogen-bond donors (Lipinski definition) is 2. The molecular weight excluding hydrogens is 296 g/mol. The summed E-state index contributed by atoms with van der Waals surface area (Å²) in [6, 6.07) is 15.3. The van der Waals surface area contributed by atoms with Gasteiger partial charge in [-0.1, -0.05) is 37.3 Å². The molecular formula is C18H23ClN2O. The minimum Gasteiger partial charge on any atom is -0.399 e. The van der Waals surface area contributed by atoms with Gasteiger partial charge in [0.05, 0.1) is 5.54 Å². The van der Waals surface area contributed by atoms with E-state index in [1.807, 2.05) is 13.8 Å². The van der Waals surface area contributed by atoms with Crippen molar-refractivity contribution >= 4 is 24.0 Å². The molecule has 0 saturated heterocycles. The van der Waals surface area contributed by atoms with Gasteiger partial charge in [-0.15, -0.1) is 12.4 Å². The van der Waals surface area contributed by atoms with Gasteiger partial charge in [0.2, 0.25) is 0 Å². The van der Waals surface area contributed by atoms with Gasteiger partial charge in [-0.25, -0.2) is 0 Å². The lowest BCUT2D eigenvalue weighted by atomic mass is 9.92. The lowest BCUT2D eigenvalue weighted by Crippen LogP contribution is -2.41. The number of benzene rings is 2. The van der Waals surface area contributed by atoms with Crippen molar-refractivity contribution in [2.24, 2.45) is 0 Å². The van der Waals surface area contributed by atoms with Gasteiger partial charge in [0.15, 0.2) is 0 Å². The maximum absolute atomic E-state index is 12.3. The second-order valence-electron chi connectivity index (χ2n) is 5.76. The topological polar surface area (TPSA) is 55.1 Å². The minimum atomic E-state index is -0.437. The summed E-state index contributed by atoms with van der Waals surface area (Å²) in [5.74, 6) is -0.119. The van der Waals surface area contributed by atoms with Crippen LogP contribution in [0.4, 0.5) is 5.69 Å². The zero-order chi connectivity index (χ0) is 15.5. The van der Waals surface area contributed by atoms with Crippen LogP contribution >= 0.6 is 12.4 Å². The van der Waals surface area contributed by atoms with Crippen LogP contribution in [-0.4, -0.2) is 5.91 Å². The number of rotatable bonds is 4. The predicted octanol–water partition coefficient (Wildman–Crippen LogP) is 3.92. The van der Waals surface area contributed by atoms with E-state index >= 15 is 0 Å². The summed E-state index contributed by atoms with van der Waals surface area (Å²) >= 11 is 0. The van der Waals surface area contributed by atoms with Gasteiger partial charge in [0, 0.05) is 11.3 Å². The fraction of sp³-hybridized carbons (Fsp3) is 0.278. The molecule has 3 N–H and O–H groups in total. The van der Waals surface area contributed by atoms with Crippen molar-refractivity contribution in [2.45, 2.75) is 32.7 Å². The number of hydrogen-bond acceptors (Lipinski definition) is 2. The molecule has 118 valence electrons. The lowest BCUT2D eigenvalue weighted by molar-refractivity contribution is 0.0912. The third kappa shape index (κ3) is 4.25. The van der Waals surface area contributed by atoms with E-state index in [0.717, 1.165) is 12.0 Å². The average Bonchev–Trinajstić information content (AvgIpc) is 2.47. The summed E-state index contributed by atoms with van der Waals surface area (Å²) in [6.45, 7) is 6.12. The van der Waals surface area contributed by atoms with Crippen LogP contribution in [0.2, 0.25) is 0 Å². The molecule has 22 heavy (non-hydrogen) atoms. The van der Waals surface area contributed by atoms with Crippen molar-refractivity contribution < 1.29 is 4.79 Å². The average molecular weight is 319 g/mol. The Bertz CT molecular complexity index is 636. The zero-order valence-electron chi connectivity index (χ0n) is 13.2. The Morgan fingerprint density at radius 2 is 1.77 bits per heavy atom. The number of nitrogens with two attached hydrogens (primary N) is 1. The number of carbonyl (C=O) groups is 1. The van der Waals surface area contributed by atoms with E-state index in [2.05, 4.69) is 36.5 Å². The molecule has 0 aromatic heterocycles. The summed E-state index contributed by atoms with van der Waals surface area (Å²) < 4.78 is 0. The number of aryl methyl sites for hydroxylation is 1. The van der Waals surface area contributed by atoms with Gasteiger partial charge >= 0.3 is 0 Å². The van der Waals surface area contributed by atoms with Crippen molar-refractivity contribution in [1.82, 2.24) is 5.32 Å².